The fraction of sp³-hybridized carbons (Fsp3) is 0.231. The van der Waals surface area contributed by atoms with Crippen LogP contribution < -0.4 is 5.32 Å². The minimum atomic E-state index is 0.299. The zero-order valence-corrected chi connectivity index (χ0v) is 11.2. The highest BCUT2D eigenvalue weighted by Crippen LogP contribution is 2.18. The molecule has 0 spiro atoms. The van der Waals surface area contributed by atoms with Gasteiger partial charge >= 0.3 is 0 Å². The fourth-order valence-corrected chi connectivity index (χ4v) is 2.00. The van der Waals surface area contributed by atoms with E-state index in [2.05, 4.69) is 50.3 Å². The predicted octanol–water partition coefficient (Wildman–Crippen LogP) is 3.09. The molecule has 0 saturated heterocycles. The minimum Gasteiger partial charge on any atom is -0.306 e. The molecule has 1 aromatic carbocycles. The molecular formula is C13H14BrN3. The molecule has 17 heavy (non-hydrogen) atoms. The lowest BCUT2D eigenvalue weighted by atomic mass is 10.1. The summed E-state index contributed by atoms with van der Waals surface area (Å²) in [5.74, 6) is 0. The SMILES string of the molecule is C[C@@H](NCc1cncnc1)c1cccc(Br)c1. The smallest absolute Gasteiger partial charge is 0.115 e. The molecule has 0 aliphatic carbocycles. The van der Waals surface area contributed by atoms with Gasteiger partial charge in [-0.25, -0.2) is 9.97 Å². The Hall–Kier alpha value is -1.26. The summed E-state index contributed by atoms with van der Waals surface area (Å²) in [5.41, 5.74) is 2.35. The molecule has 1 N–H and O–H groups in total. The summed E-state index contributed by atoms with van der Waals surface area (Å²) >= 11 is 3.48. The highest BCUT2D eigenvalue weighted by atomic mass is 79.9. The lowest BCUT2D eigenvalue weighted by molar-refractivity contribution is 0.572. The molecule has 2 aromatic rings. The molecular weight excluding hydrogens is 278 g/mol. The van der Waals surface area contributed by atoms with Gasteiger partial charge in [-0.05, 0) is 24.6 Å². The first kappa shape index (κ1) is 12.2. The van der Waals surface area contributed by atoms with Gasteiger partial charge in [0, 0.05) is 35.0 Å². The van der Waals surface area contributed by atoms with Gasteiger partial charge < -0.3 is 5.32 Å². The van der Waals surface area contributed by atoms with E-state index in [0.29, 0.717) is 6.04 Å². The summed E-state index contributed by atoms with van der Waals surface area (Å²) < 4.78 is 1.10. The monoisotopic (exact) mass is 291 g/mol. The summed E-state index contributed by atoms with van der Waals surface area (Å²) in [7, 11) is 0. The number of nitrogens with zero attached hydrogens (tertiary/aromatic N) is 2. The van der Waals surface area contributed by atoms with Crippen molar-refractivity contribution in [1.82, 2.24) is 15.3 Å². The first-order valence-corrected chi connectivity index (χ1v) is 6.28. The van der Waals surface area contributed by atoms with Crippen LogP contribution in [-0.4, -0.2) is 9.97 Å². The van der Waals surface area contributed by atoms with Crippen molar-refractivity contribution in [3.05, 3.63) is 58.6 Å². The quantitative estimate of drug-likeness (QED) is 0.941. The molecule has 1 aromatic heterocycles. The van der Waals surface area contributed by atoms with Crippen LogP contribution in [0.25, 0.3) is 0 Å². The number of hydrogen-bond acceptors (Lipinski definition) is 3. The Balaban J connectivity index is 1.96. The third kappa shape index (κ3) is 3.61. The minimum absolute atomic E-state index is 0.299. The Morgan fingerprint density at radius 2 is 2.06 bits per heavy atom. The number of rotatable bonds is 4. The van der Waals surface area contributed by atoms with E-state index < -0.39 is 0 Å². The molecule has 1 heterocycles. The molecule has 3 nitrogen and oxygen atoms in total. The number of halogens is 1. The third-order valence-electron chi connectivity index (χ3n) is 2.58. The highest BCUT2D eigenvalue weighted by Gasteiger charge is 2.04. The Morgan fingerprint density at radius 3 is 2.76 bits per heavy atom. The van der Waals surface area contributed by atoms with Crippen molar-refractivity contribution in [3.63, 3.8) is 0 Å². The second kappa shape index (κ2) is 5.89. The van der Waals surface area contributed by atoms with Crippen LogP contribution in [0, 0.1) is 0 Å². The Bertz CT molecular complexity index is 473. The van der Waals surface area contributed by atoms with Gasteiger partial charge in [-0.15, -0.1) is 0 Å². The number of hydrogen-bond donors (Lipinski definition) is 1. The van der Waals surface area contributed by atoms with Crippen molar-refractivity contribution >= 4 is 15.9 Å². The molecule has 0 unspecified atom stereocenters. The Labute approximate surface area is 109 Å². The maximum atomic E-state index is 3.99. The molecule has 88 valence electrons. The Kier molecular flexibility index (Phi) is 4.23. The molecule has 0 fully saturated rings. The van der Waals surface area contributed by atoms with Gasteiger partial charge in [0.15, 0.2) is 0 Å². The molecule has 0 aliphatic rings. The molecule has 0 aliphatic heterocycles. The zero-order valence-electron chi connectivity index (χ0n) is 9.60. The van der Waals surface area contributed by atoms with Gasteiger partial charge in [0.1, 0.15) is 6.33 Å². The normalized spacial score (nSPS) is 12.4. The molecule has 4 heteroatoms. The molecule has 0 saturated carbocycles. The average molecular weight is 292 g/mol. The number of benzene rings is 1. The van der Waals surface area contributed by atoms with Crippen molar-refractivity contribution in [2.24, 2.45) is 0 Å². The maximum Gasteiger partial charge on any atom is 0.115 e. The van der Waals surface area contributed by atoms with E-state index in [-0.39, 0.29) is 0 Å². The van der Waals surface area contributed by atoms with Crippen molar-refractivity contribution in [3.8, 4) is 0 Å². The summed E-state index contributed by atoms with van der Waals surface area (Å²) in [6, 6.07) is 8.61. The summed E-state index contributed by atoms with van der Waals surface area (Å²) in [6.07, 6.45) is 5.20. The van der Waals surface area contributed by atoms with Gasteiger partial charge in [-0.3, -0.25) is 0 Å². The molecule has 2 rings (SSSR count). The van der Waals surface area contributed by atoms with Crippen LogP contribution in [0.5, 0.6) is 0 Å². The summed E-state index contributed by atoms with van der Waals surface area (Å²) in [6.45, 7) is 2.92. The number of aromatic nitrogens is 2. The zero-order chi connectivity index (χ0) is 12.1. The molecule has 0 radical (unpaired) electrons. The highest BCUT2D eigenvalue weighted by molar-refractivity contribution is 9.10. The topological polar surface area (TPSA) is 37.8 Å². The van der Waals surface area contributed by atoms with Crippen LogP contribution in [0.2, 0.25) is 0 Å². The second-order valence-corrected chi connectivity index (χ2v) is 4.82. The lowest BCUT2D eigenvalue weighted by Crippen LogP contribution is -2.18. The maximum absolute atomic E-state index is 3.99. The first-order chi connectivity index (χ1) is 8.25. The van der Waals surface area contributed by atoms with Crippen LogP contribution in [0.4, 0.5) is 0 Å². The summed E-state index contributed by atoms with van der Waals surface area (Å²) in [4.78, 5) is 7.98. The molecule has 0 amide bonds. The predicted molar refractivity (Wildman–Crippen MR) is 71.4 cm³/mol. The van der Waals surface area contributed by atoms with Crippen LogP contribution in [0.15, 0.2) is 47.5 Å². The van der Waals surface area contributed by atoms with E-state index in [1.807, 2.05) is 24.5 Å². The second-order valence-electron chi connectivity index (χ2n) is 3.90. The van der Waals surface area contributed by atoms with E-state index in [0.717, 1.165) is 16.6 Å². The van der Waals surface area contributed by atoms with E-state index in [1.54, 1.807) is 6.33 Å². The van der Waals surface area contributed by atoms with Gasteiger partial charge in [0.25, 0.3) is 0 Å². The fourth-order valence-electron chi connectivity index (χ4n) is 1.59. The van der Waals surface area contributed by atoms with Crippen LogP contribution in [0.3, 0.4) is 0 Å². The van der Waals surface area contributed by atoms with Gasteiger partial charge in [-0.2, -0.15) is 0 Å². The van der Waals surface area contributed by atoms with E-state index >= 15 is 0 Å². The summed E-state index contributed by atoms with van der Waals surface area (Å²) in [5, 5.41) is 3.44. The largest absolute Gasteiger partial charge is 0.306 e. The molecule has 1 atom stereocenters. The van der Waals surface area contributed by atoms with Crippen molar-refractivity contribution in [1.29, 1.82) is 0 Å². The first-order valence-electron chi connectivity index (χ1n) is 5.48. The van der Waals surface area contributed by atoms with Crippen LogP contribution >= 0.6 is 15.9 Å². The van der Waals surface area contributed by atoms with Crippen molar-refractivity contribution in [2.75, 3.05) is 0 Å². The van der Waals surface area contributed by atoms with Gasteiger partial charge in [-0.1, -0.05) is 28.1 Å². The van der Waals surface area contributed by atoms with E-state index in [1.165, 1.54) is 5.56 Å². The Morgan fingerprint density at radius 1 is 1.29 bits per heavy atom. The van der Waals surface area contributed by atoms with Crippen molar-refractivity contribution in [2.45, 2.75) is 19.5 Å². The van der Waals surface area contributed by atoms with Gasteiger partial charge in [0.05, 0.1) is 0 Å². The third-order valence-corrected chi connectivity index (χ3v) is 3.07. The van der Waals surface area contributed by atoms with E-state index in [9.17, 15) is 0 Å². The van der Waals surface area contributed by atoms with Crippen LogP contribution in [-0.2, 0) is 6.54 Å². The van der Waals surface area contributed by atoms with Crippen molar-refractivity contribution < 1.29 is 0 Å². The van der Waals surface area contributed by atoms with Crippen LogP contribution in [0.1, 0.15) is 24.1 Å². The lowest BCUT2D eigenvalue weighted by Gasteiger charge is -2.14. The number of nitrogens with one attached hydrogen (secondary N) is 1. The van der Waals surface area contributed by atoms with E-state index in [4.69, 9.17) is 0 Å². The average Bonchev–Trinajstić information content (AvgIpc) is 2.37. The molecule has 0 bridgehead atoms. The van der Waals surface area contributed by atoms with Gasteiger partial charge in [0.2, 0.25) is 0 Å². The standard InChI is InChI=1S/C13H14BrN3/c1-10(12-3-2-4-13(14)5-12)17-8-11-6-15-9-16-7-11/h2-7,9-10,17H,8H2,1H3/t10-/m1/s1.